The molecule has 27 heavy (non-hydrogen) atoms. The summed E-state index contributed by atoms with van der Waals surface area (Å²) in [6.07, 6.45) is 6.53. The summed E-state index contributed by atoms with van der Waals surface area (Å²) < 4.78 is 0.943. The van der Waals surface area contributed by atoms with E-state index >= 15 is 0 Å². The maximum atomic E-state index is 13.0. The first-order chi connectivity index (χ1) is 13.1. The molecular formula is C20H24N4O2S. The minimum absolute atomic E-state index is 0.186. The molecule has 1 aromatic carbocycles. The Kier molecular flexibility index (Phi) is 8.03. The van der Waals surface area contributed by atoms with Crippen LogP contribution in [0.2, 0.25) is 0 Å². The molecule has 2 aromatic rings. The third-order valence-electron chi connectivity index (χ3n) is 3.96. The molecule has 7 heteroatoms. The van der Waals surface area contributed by atoms with Crippen LogP contribution >= 0.6 is 11.3 Å². The summed E-state index contributed by atoms with van der Waals surface area (Å²) in [7, 11) is 1.61. The molecule has 0 radical (unpaired) electrons. The van der Waals surface area contributed by atoms with Gasteiger partial charge in [-0.15, -0.1) is 11.3 Å². The zero-order valence-corrected chi connectivity index (χ0v) is 16.2. The number of nitrogens with one attached hydrogen (secondary N) is 1. The van der Waals surface area contributed by atoms with Crippen LogP contribution in [0.25, 0.3) is 10.2 Å². The van der Waals surface area contributed by atoms with Gasteiger partial charge in [0.2, 0.25) is 5.78 Å². The quantitative estimate of drug-likeness (QED) is 0.216. The van der Waals surface area contributed by atoms with Gasteiger partial charge in [-0.3, -0.25) is 14.6 Å². The van der Waals surface area contributed by atoms with E-state index in [4.69, 9.17) is 5.73 Å². The average molecular weight is 385 g/mol. The van der Waals surface area contributed by atoms with Gasteiger partial charge in [0.15, 0.2) is 5.01 Å². The van der Waals surface area contributed by atoms with E-state index in [1.165, 1.54) is 23.6 Å². The van der Waals surface area contributed by atoms with Gasteiger partial charge in [-0.1, -0.05) is 24.8 Å². The number of Topliss-reactive ketones (excluding diaryl/α,β-unsaturated/α-hetero) is 1. The fraction of sp³-hybridized carbons (Fsp3) is 0.300. The molecule has 0 aliphatic rings. The second kappa shape index (κ2) is 10.5. The van der Waals surface area contributed by atoms with Crippen molar-refractivity contribution in [3.63, 3.8) is 0 Å². The Balaban J connectivity index is 2.22. The van der Waals surface area contributed by atoms with Gasteiger partial charge in [0.1, 0.15) is 0 Å². The Hall–Kier alpha value is -2.64. The van der Waals surface area contributed by atoms with Crippen LogP contribution in [0.1, 0.15) is 29.1 Å². The van der Waals surface area contributed by atoms with Crippen LogP contribution in [0, 0.1) is 0 Å². The lowest BCUT2D eigenvalue weighted by Crippen LogP contribution is -2.41. The van der Waals surface area contributed by atoms with Crippen molar-refractivity contribution in [2.24, 2.45) is 10.7 Å². The summed E-state index contributed by atoms with van der Waals surface area (Å²) in [5.41, 5.74) is 6.69. The second-order valence-electron chi connectivity index (χ2n) is 5.89. The van der Waals surface area contributed by atoms with Gasteiger partial charge < -0.3 is 11.1 Å². The smallest absolute Gasteiger partial charge is 0.251 e. The predicted octanol–water partition coefficient (Wildman–Crippen LogP) is 2.91. The number of benzene rings is 1. The van der Waals surface area contributed by atoms with Gasteiger partial charge in [0.25, 0.3) is 5.91 Å². The molecule has 1 atom stereocenters. The summed E-state index contributed by atoms with van der Waals surface area (Å²) in [5.74, 6) is -0.550. The number of carbonyl (C=O) groups is 2. The lowest BCUT2D eigenvalue weighted by atomic mass is 10.0. The van der Waals surface area contributed by atoms with Gasteiger partial charge in [-0.05, 0) is 44.0 Å². The zero-order chi connectivity index (χ0) is 19.6. The van der Waals surface area contributed by atoms with E-state index in [9.17, 15) is 9.59 Å². The Bertz CT molecular complexity index is 837. The van der Waals surface area contributed by atoms with Crippen molar-refractivity contribution in [1.29, 1.82) is 0 Å². The topological polar surface area (TPSA) is 97.4 Å². The van der Waals surface area contributed by atoms with Crippen molar-refractivity contribution < 1.29 is 9.59 Å². The highest BCUT2D eigenvalue weighted by atomic mass is 32.1. The van der Waals surface area contributed by atoms with E-state index < -0.39 is 6.04 Å². The number of unbranched alkanes of at least 4 members (excludes halogenated alkanes) is 1. The molecule has 0 aliphatic carbocycles. The van der Waals surface area contributed by atoms with Crippen LogP contribution in [0.5, 0.6) is 0 Å². The van der Waals surface area contributed by atoms with E-state index in [1.54, 1.807) is 13.1 Å². The number of carbonyl (C=O) groups excluding carboxylic acids is 2. The van der Waals surface area contributed by atoms with E-state index in [-0.39, 0.29) is 11.7 Å². The number of fused-ring (bicyclic) bond motifs is 1. The number of nitrogens with two attached hydrogens (primary N) is 1. The van der Waals surface area contributed by atoms with Crippen molar-refractivity contribution in [3.8, 4) is 0 Å². The number of thiazole rings is 1. The van der Waals surface area contributed by atoms with Crippen molar-refractivity contribution in [2.45, 2.75) is 25.3 Å². The summed E-state index contributed by atoms with van der Waals surface area (Å²) in [6, 6.07) is 6.92. The molecule has 6 nitrogen and oxygen atoms in total. The Morgan fingerprint density at radius 3 is 2.81 bits per heavy atom. The number of hydrogen-bond acceptors (Lipinski definition) is 6. The largest absolute Gasteiger partial charge is 0.342 e. The summed E-state index contributed by atoms with van der Waals surface area (Å²) in [5, 5.41) is 3.21. The fourth-order valence-electron chi connectivity index (χ4n) is 2.52. The molecule has 0 saturated carbocycles. The monoisotopic (exact) mass is 384 g/mol. The van der Waals surface area contributed by atoms with Gasteiger partial charge >= 0.3 is 0 Å². The Labute approximate surface area is 162 Å². The SMILES string of the molecule is C=C/C(=C\C=NC)C(=O)NC(CCCCN)C(=O)c1nc2ccccc2s1. The normalized spacial score (nSPS) is 13.0. The van der Waals surface area contributed by atoms with Crippen LogP contribution in [0.4, 0.5) is 0 Å². The standard InChI is InChI=1S/C20H24N4O2S/c1-3-14(11-13-22-2)19(26)23-16(9-6-7-12-21)18(25)20-24-15-8-4-5-10-17(15)27-20/h3-5,8,10-11,13,16H,1,6-7,9,12,21H2,2H3,(H,23,26)/b14-11+,22-13?. The number of amides is 1. The van der Waals surface area contributed by atoms with Crippen molar-refractivity contribution in [1.82, 2.24) is 10.3 Å². The van der Waals surface area contributed by atoms with Crippen LogP contribution < -0.4 is 11.1 Å². The summed E-state index contributed by atoms with van der Waals surface area (Å²) in [4.78, 5) is 33.8. The number of rotatable bonds is 10. The minimum Gasteiger partial charge on any atom is -0.342 e. The van der Waals surface area contributed by atoms with Gasteiger partial charge in [-0.2, -0.15) is 0 Å². The van der Waals surface area contributed by atoms with Crippen LogP contribution in [0.3, 0.4) is 0 Å². The molecule has 2 rings (SSSR count). The van der Waals surface area contributed by atoms with Gasteiger partial charge in [0, 0.05) is 18.8 Å². The predicted molar refractivity (Wildman–Crippen MR) is 111 cm³/mol. The molecule has 1 amide bonds. The number of aliphatic imine (C=N–C) groups is 1. The first kappa shape index (κ1) is 20.7. The molecule has 0 bridgehead atoms. The van der Waals surface area contributed by atoms with E-state index in [2.05, 4.69) is 21.9 Å². The number of ketones is 1. The molecule has 1 unspecified atom stereocenters. The minimum atomic E-state index is -0.661. The highest BCUT2D eigenvalue weighted by molar-refractivity contribution is 7.20. The van der Waals surface area contributed by atoms with E-state index in [1.807, 2.05) is 24.3 Å². The molecule has 1 heterocycles. The second-order valence-corrected chi connectivity index (χ2v) is 6.93. The van der Waals surface area contributed by atoms with Crippen molar-refractivity contribution in [3.05, 3.63) is 53.6 Å². The number of nitrogens with zero attached hydrogens (tertiary/aromatic N) is 2. The first-order valence-electron chi connectivity index (χ1n) is 8.76. The van der Waals surface area contributed by atoms with Crippen LogP contribution in [0.15, 0.2) is 53.6 Å². The number of aromatic nitrogens is 1. The summed E-state index contributed by atoms with van der Waals surface area (Å²) in [6.45, 7) is 4.19. The summed E-state index contributed by atoms with van der Waals surface area (Å²) >= 11 is 1.34. The molecule has 0 spiro atoms. The maximum absolute atomic E-state index is 13.0. The zero-order valence-electron chi connectivity index (χ0n) is 15.4. The van der Waals surface area contributed by atoms with E-state index in [0.29, 0.717) is 23.5 Å². The third kappa shape index (κ3) is 5.67. The van der Waals surface area contributed by atoms with Crippen LogP contribution in [-0.4, -0.2) is 42.5 Å². The van der Waals surface area contributed by atoms with Crippen LogP contribution in [-0.2, 0) is 4.79 Å². The Morgan fingerprint density at radius 2 is 2.15 bits per heavy atom. The van der Waals surface area contributed by atoms with Gasteiger partial charge in [-0.25, -0.2) is 4.98 Å². The molecule has 0 fully saturated rings. The van der Waals surface area contributed by atoms with E-state index in [0.717, 1.165) is 23.1 Å². The highest BCUT2D eigenvalue weighted by Crippen LogP contribution is 2.23. The average Bonchev–Trinajstić information content (AvgIpc) is 3.11. The maximum Gasteiger partial charge on any atom is 0.251 e. The highest BCUT2D eigenvalue weighted by Gasteiger charge is 2.25. The lowest BCUT2D eigenvalue weighted by Gasteiger charge is -2.16. The van der Waals surface area contributed by atoms with Gasteiger partial charge in [0.05, 0.1) is 16.3 Å². The third-order valence-corrected chi connectivity index (χ3v) is 5.01. The molecule has 3 N–H and O–H groups in total. The molecule has 142 valence electrons. The van der Waals surface area contributed by atoms with Crippen molar-refractivity contribution >= 4 is 39.5 Å². The Morgan fingerprint density at radius 1 is 1.37 bits per heavy atom. The number of hydrogen-bond donors (Lipinski definition) is 2. The number of para-hydroxylation sites is 1. The van der Waals surface area contributed by atoms with Crippen molar-refractivity contribution in [2.75, 3.05) is 13.6 Å². The molecular weight excluding hydrogens is 360 g/mol. The molecule has 0 saturated heterocycles. The lowest BCUT2D eigenvalue weighted by molar-refractivity contribution is -0.117. The molecule has 1 aromatic heterocycles. The first-order valence-corrected chi connectivity index (χ1v) is 9.58. The fourth-order valence-corrected chi connectivity index (χ4v) is 3.48. The number of allylic oxidation sites excluding steroid dienone is 1. The molecule has 0 aliphatic heterocycles.